The summed E-state index contributed by atoms with van der Waals surface area (Å²) in [5.41, 5.74) is 0. The number of carbonyl (C=O) groups excluding carboxylic acids is 1. The molecule has 0 spiro atoms. The molecule has 20 heavy (non-hydrogen) atoms. The Labute approximate surface area is 119 Å². The van der Waals surface area contributed by atoms with E-state index in [1.807, 2.05) is 0 Å². The van der Waals surface area contributed by atoms with Crippen molar-refractivity contribution in [3.05, 3.63) is 12.3 Å². The van der Waals surface area contributed by atoms with Crippen LogP contribution in [0, 0.1) is 0 Å². The number of amides is 2. The van der Waals surface area contributed by atoms with Crippen molar-refractivity contribution in [3.8, 4) is 0 Å². The highest BCUT2D eigenvalue weighted by Gasteiger charge is 2.26. The van der Waals surface area contributed by atoms with E-state index in [-0.39, 0.29) is 12.1 Å². The molecule has 0 bridgehead atoms. The highest BCUT2D eigenvalue weighted by atomic mass is 16.3. The maximum absolute atomic E-state index is 12.5. The van der Waals surface area contributed by atoms with Crippen molar-refractivity contribution in [1.82, 2.24) is 14.7 Å². The highest BCUT2D eigenvalue weighted by Crippen LogP contribution is 2.23. The molecule has 112 valence electrons. The summed E-state index contributed by atoms with van der Waals surface area (Å²) >= 11 is 0. The van der Waals surface area contributed by atoms with Crippen molar-refractivity contribution in [2.24, 2.45) is 7.05 Å². The van der Waals surface area contributed by atoms with Crippen molar-refractivity contribution >= 4 is 11.8 Å². The Bertz CT molecular complexity index is 438. The van der Waals surface area contributed by atoms with Gasteiger partial charge >= 0.3 is 6.03 Å². The van der Waals surface area contributed by atoms with Crippen LogP contribution < -0.4 is 5.32 Å². The summed E-state index contributed by atoms with van der Waals surface area (Å²) < 4.78 is 1.62. The summed E-state index contributed by atoms with van der Waals surface area (Å²) in [6, 6.07) is 1.84. The van der Waals surface area contributed by atoms with E-state index in [1.54, 1.807) is 35.8 Å². The van der Waals surface area contributed by atoms with E-state index in [1.165, 1.54) is 6.42 Å². The molecule has 1 atom stereocenters. The van der Waals surface area contributed by atoms with Gasteiger partial charge < -0.3 is 10.0 Å². The fourth-order valence-corrected chi connectivity index (χ4v) is 2.75. The maximum atomic E-state index is 12.5. The fraction of sp³-hybridized carbons (Fsp3) is 0.714. The lowest BCUT2D eigenvalue weighted by Gasteiger charge is -2.35. The third-order valence-electron chi connectivity index (χ3n) is 3.79. The standard InChI is InChI=1S/C14H24N4O2/c1-11(19)10-18(12-6-4-3-5-7-12)14(20)16-13-8-9-15-17(13)2/h8-9,11-12,19H,3-7,10H2,1-2H3,(H,16,20). The van der Waals surface area contributed by atoms with Gasteiger partial charge in [-0.2, -0.15) is 5.10 Å². The predicted octanol–water partition coefficient (Wildman–Crippen LogP) is 1.97. The Balaban J connectivity index is 2.05. The van der Waals surface area contributed by atoms with E-state index in [0.29, 0.717) is 12.4 Å². The smallest absolute Gasteiger partial charge is 0.323 e. The van der Waals surface area contributed by atoms with Crippen molar-refractivity contribution in [1.29, 1.82) is 0 Å². The van der Waals surface area contributed by atoms with Gasteiger partial charge in [0.2, 0.25) is 0 Å². The van der Waals surface area contributed by atoms with Gasteiger partial charge in [0.25, 0.3) is 0 Å². The molecule has 0 aliphatic heterocycles. The zero-order valence-corrected chi connectivity index (χ0v) is 12.2. The van der Waals surface area contributed by atoms with Gasteiger partial charge in [0, 0.05) is 25.7 Å². The highest BCUT2D eigenvalue weighted by molar-refractivity contribution is 5.88. The van der Waals surface area contributed by atoms with E-state index in [9.17, 15) is 9.90 Å². The van der Waals surface area contributed by atoms with E-state index in [2.05, 4.69) is 10.4 Å². The lowest BCUT2D eigenvalue weighted by atomic mass is 9.94. The summed E-state index contributed by atoms with van der Waals surface area (Å²) in [5.74, 6) is 0.668. The van der Waals surface area contributed by atoms with Gasteiger partial charge in [-0.15, -0.1) is 0 Å². The summed E-state index contributed by atoms with van der Waals surface area (Å²) in [4.78, 5) is 14.2. The molecule has 1 saturated carbocycles. The molecule has 6 heteroatoms. The minimum Gasteiger partial charge on any atom is -0.392 e. The molecule has 2 rings (SSSR count). The number of urea groups is 1. The average Bonchev–Trinajstić information content (AvgIpc) is 2.82. The molecule has 1 fully saturated rings. The zero-order chi connectivity index (χ0) is 14.5. The number of aromatic nitrogens is 2. The quantitative estimate of drug-likeness (QED) is 0.886. The van der Waals surface area contributed by atoms with E-state index in [4.69, 9.17) is 0 Å². The topological polar surface area (TPSA) is 70.4 Å². The average molecular weight is 280 g/mol. The number of aliphatic hydroxyl groups is 1. The van der Waals surface area contributed by atoms with Crippen LogP contribution in [0.25, 0.3) is 0 Å². The maximum Gasteiger partial charge on any atom is 0.323 e. The Hall–Kier alpha value is -1.56. The first kappa shape index (κ1) is 14.8. The van der Waals surface area contributed by atoms with E-state index < -0.39 is 6.10 Å². The number of carbonyl (C=O) groups is 1. The SMILES string of the molecule is CC(O)CN(C(=O)Nc1ccnn1C)C1CCCCC1. The van der Waals surface area contributed by atoms with Gasteiger partial charge in [-0.05, 0) is 19.8 Å². The first-order valence-corrected chi connectivity index (χ1v) is 7.31. The van der Waals surface area contributed by atoms with Crippen LogP contribution in [0.15, 0.2) is 12.3 Å². The van der Waals surface area contributed by atoms with Crippen LogP contribution in [0.4, 0.5) is 10.6 Å². The number of hydrogen-bond acceptors (Lipinski definition) is 3. The second-order valence-electron chi connectivity index (χ2n) is 5.56. The summed E-state index contributed by atoms with van der Waals surface area (Å²) in [5, 5.41) is 16.5. The number of aliphatic hydroxyl groups excluding tert-OH is 1. The number of aryl methyl sites for hydroxylation is 1. The van der Waals surface area contributed by atoms with Gasteiger partial charge in [-0.1, -0.05) is 19.3 Å². The molecule has 1 unspecified atom stereocenters. The molecule has 1 aromatic rings. The summed E-state index contributed by atoms with van der Waals surface area (Å²) in [6.07, 6.45) is 6.71. The first-order valence-electron chi connectivity index (χ1n) is 7.31. The molecule has 0 aromatic carbocycles. The van der Waals surface area contributed by atoms with Crippen LogP contribution in [0.3, 0.4) is 0 Å². The van der Waals surface area contributed by atoms with E-state index >= 15 is 0 Å². The van der Waals surface area contributed by atoms with Crippen LogP contribution in [0.5, 0.6) is 0 Å². The molecule has 0 radical (unpaired) electrons. The molecule has 1 aromatic heterocycles. The second kappa shape index (κ2) is 6.74. The normalized spacial score (nSPS) is 17.8. The molecule has 1 aliphatic carbocycles. The van der Waals surface area contributed by atoms with Crippen LogP contribution in [-0.4, -0.2) is 44.5 Å². The Kier molecular flexibility index (Phi) is 5.00. The number of nitrogens with zero attached hydrogens (tertiary/aromatic N) is 3. The van der Waals surface area contributed by atoms with E-state index in [0.717, 1.165) is 25.7 Å². The third kappa shape index (κ3) is 3.72. The lowest BCUT2D eigenvalue weighted by molar-refractivity contribution is 0.105. The molecular weight excluding hydrogens is 256 g/mol. The number of anilines is 1. The molecule has 2 amide bonds. The van der Waals surface area contributed by atoms with Crippen LogP contribution in [0.1, 0.15) is 39.0 Å². The van der Waals surface area contributed by atoms with Crippen molar-refractivity contribution in [2.45, 2.75) is 51.2 Å². The van der Waals surface area contributed by atoms with Gasteiger partial charge in [0.15, 0.2) is 0 Å². The Morgan fingerprint density at radius 3 is 2.80 bits per heavy atom. The van der Waals surface area contributed by atoms with Crippen molar-refractivity contribution < 1.29 is 9.90 Å². The number of nitrogens with one attached hydrogen (secondary N) is 1. The van der Waals surface area contributed by atoms with Gasteiger partial charge in [0.1, 0.15) is 5.82 Å². The molecule has 0 saturated heterocycles. The lowest BCUT2D eigenvalue weighted by Crippen LogP contribution is -2.47. The summed E-state index contributed by atoms with van der Waals surface area (Å²) in [7, 11) is 1.79. The number of rotatable bonds is 4. The monoisotopic (exact) mass is 280 g/mol. The molecule has 2 N–H and O–H groups in total. The summed E-state index contributed by atoms with van der Waals surface area (Å²) in [6.45, 7) is 2.08. The van der Waals surface area contributed by atoms with Crippen molar-refractivity contribution in [2.75, 3.05) is 11.9 Å². The molecular formula is C14H24N4O2. The van der Waals surface area contributed by atoms with Crippen LogP contribution >= 0.6 is 0 Å². The largest absolute Gasteiger partial charge is 0.392 e. The molecule has 1 aliphatic rings. The Morgan fingerprint density at radius 2 is 2.25 bits per heavy atom. The van der Waals surface area contributed by atoms with Crippen LogP contribution in [-0.2, 0) is 7.05 Å². The van der Waals surface area contributed by atoms with Crippen molar-refractivity contribution in [3.63, 3.8) is 0 Å². The minimum atomic E-state index is -0.519. The molecule has 6 nitrogen and oxygen atoms in total. The predicted molar refractivity (Wildman–Crippen MR) is 77.5 cm³/mol. The minimum absolute atomic E-state index is 0.151. The van der Waals surface area contributed by atoms with Gasteiger partial charge in [-0.3, -0.25) is 10.00 Å². The molecule has 1 heterocycles. The fourth-order valence-electron chi connectivity index (χ4n) is 2.75. The van der Waals surface area contributed by atoms with Gasteiger partial charge in [-0.25, -0.2) is 4.79 Å². The Morgan fingerprint density at radius 1 is 1.55 bits per heavy atom. The first-order chi connectivity index (χ1) is 9.58. The number of hydrogen-bond donors (Lipinski definition) is 2. The zero-order valence-electron chi connectivity index (χ0n) is 12.2. The second-order valence-corrected chi connectivity index (χ2v) is 5.56. The van der Waals surface area contributed by atoms with Crippen LogP contribution in [0.2, 0.25) is 0 Å². The third-order valence-corrected chi connectivity index (χ3v) is 3.79. The van der Waals surface area contributed by atoms with Gasteiger partial charge in [0.05, 0.1) is 12.3 Å².